The summed E-state index contributed by atoms with van der Waals surface area (Å²) in [6.07, 6.45) is 7.29. The minimum atomic E-state index is -0.526. The van der Waals surface area contributed by atoms with E-state index in [1.54, 1.807) is 22.9 Å². The van der Waals surface area contributed by atoms with Gasteiger partial charge in [-0.05, 0) is 38.0 Å². The summed E-state index contributed by atoms with van der Waals surface area (Å²) in [6.45, 7) is 3.74. The van der Waals surface area contributed by atoms with Crippen molar-refractivity contribution in [3.8, 4) is 0 Å². The van der Waals surface area contributed by atoms with Crippen LogP contribution >= 0.6 is 0 Å². The molecule has 128 valence electrons. The van der Waals surface area contributed by atoms with Crippen molar-refractivity contribution in [3.05, 3.63) is 53.9 Å². The molecule has 6 nitrogen and oxygen atoms in total. The van der Waals surface area contributed by atoms with E-state index in [-0.39, 0.29) is 5.56 Å². The van der Waals surface area contributed by atoms with Crippen LogP contribution < -0.4 is 10.2 Å². The van der Waals surface area contributed by atoms with Crippen LogP contribution in [0.2, 0.25) is 0 Å². The molecule has 0 radical (unpaired) electrons. The first kappa shape index (κ1) is 15.6. The number of hydrogen-bond donors (Lipinski definition) is 1. The van der Waals surface area contributed by atoms with Crippen molar-refractivity contribution < 1.29 is 9.18 Å². The summed E-state index contributed by atoms with van der Waals surface area (Å²) in [7, 11) is 0. The molecule has 7 heteroatoms. The summed E-state index contributed by atoms with van der Waals surface area (Å²) in [6, 6.07) is 4.74. The van der Waals surface area contributed by atoms with E-state index in [1.165, 1.54) is 12.1 Å². The number of benzene rings is 1. The molecule has 25 heavy (non-hydrogen) atoms. The van der Waals surface area contributed by atoms with Gasteiger partial charge >= 0.3 is 0 Å². The highest BCUT2D eigenvalue weighted by Crippen LogP contribution is 2.23. The van der Waals surface area contributed by atoms with E-state index in [4.69, 9.17) is 0 Å². The predicted octanol–water partition coefficient (Wildman–Crippen LogP) is 3.03. The second-order valence-corrected chi connectivity index (χ2v) is 6.23. The van der Waals surface area contributed by atoms with Gasteiger partial charge in [0.05, 0.1) is 23.7 Å². The van der Waals surface area contributed by atoms with E-state index in [9.17, 15) is 9.18 Å². The van der Waals surface area contributed by atoms with Crippen LogP contribution in [0.3, 0.4) is 0 Å². The maximum absolute atomic E-state index is 14.4. The lowest BCUT2D eigenvalue weighted by Gasteiger charge is -2.18. The van der Waals surface area contributed by atoms with Gasteiger partial charge in [0, 0.05) is 25.0 Å². The van der Waals surface area contributed by atoms with E-state index in [2.05, 4.69) is 20.2 Å². The smallest absolute Gasteiger partial charge is 0.259 e. The lowest BCUT2D eigenvalue weighted by atomic mass is 10.1. The lowest BCUT2D eigenvalue weighted by molar-refractivity contribution is 0.102. The van der Waals surface area contributed by atoms with Crippen LogP contribution in [-0.4, -0.2) is 33.4 Å². The third-order valence-corrected chi connectivity index (χ3v) is 4.37. The minimum Gasteiger partial charge on any atom is -0.371 e. The van der Waals surface area contributed by atoms with Crippen molar-refractivity contribution in [2.75, 3.05) is 23.3 Å². The maximum Gasteiger partial charge on any atom is 0.259 e. The van der Waals surface area contributed by atoms with Crippen LogP contribution in [0.1, 0.15) is 28.9 Å². The summed E-state index contributed by atoms with van der Waals surface area (Å²) in [5.74, 6) is -0.700. The number of imidazole rings is 1. The molecule has 0 bridgehead atoms. The molecule has 3 aromatic rings. The molecular weight excluding hydrogens is 321 g/mol. The largest absolute Gasteiger partial charge is 0.371 e. The molecule has 1 aromatic carbocycles. The van der Waals surface area contributed by atoms with Crippen molar-refractivity contribution in [2.24, 2.45) is 0 Å². The first-order chi connectivity index (χ1) is 12.1. The average Bonchev–Trinajstić information content (AvgIpc) is 3.22. The fraction of sp³-hybridized carbons (Fsp3) is 0.278. The first-order valence-electron chi connectivity index (χ1n) is 8.27. The van der Waals surface area contributed by atoms with Crippen molar-refractivity contribution in [2.45, 2.75) is 19.8 Å². The van der Waals surface area contributed by atoms with E-state index < -0.39 is 11.7 Å². The molecule has 3 heterocycles. The zero-order chi connectivity index (χ0) is 17.4. The van der Waals surface area contributed by atoms with E-state index in [1.807, 2.05) is 13.1 Å². The second kappa shape index (κ2) is 6.16. The number of carbonyl (C=O) groups is 1. The third kappa shape index (κ3) is 3.05. The number of carbonyl (C=O) groups excluding carboxylic acids is 1. The highest BCUT2D eigenvalue weighted by Gasteiger charge is 2.17. The quantitative estimate of drug-likeness (QED) is 0.797. The molecule has 1 aliphatic rings. The molecule has 1 fully saturated rings. The molecule has 1 N–H and O–H groups in total. The Kier molecular flexibility index (Phi) is 3.83. The first-order valence-corrected chi connectivity index (χ1v) is 8.27. The number of fused-ring (bicyclic) bond motifs is 1. The summed E-state index contributed by atoms with van der Waals surface area (Å²) in [5, 5.41) is 2.64. The van der Waals surface area contributed by atoms with Gasteiger partial charge in [0.1, 0.15) is 11.6 Å². The number of nitrogens with zero attached hydrogens (tertiary/aromatic N) is 4. The highest BCUT2D eigenvalue weighted by atomic mass is 19.1. The standard InChI is InChI=1S/C18H18FN5O/c1-12-10-24-11-16(20-9-17(24)21-12)22-18(25)14-5-4-13(8-15(14)19)23-6-2-3-7-23/h4-5,8-11H,2-3,6-7H2,1H3,(H,22,25). The van der Waals surface area contributed by atoms with Gasteiger partial charge in [-0.25, -0.2) is 14.4 Å². The monoisotopic (exact) mass is 339 g/mol. The predicted molar refractivity (Wildman–Crippen MR) is 93.5 cm³/mol. The minimum absolute atomic E-state index is 0.00616. The molecule has 1 amide bonds. The van der Waals surface area contributed by atoms with Gasteiger partial charge in [0.2, 0.25) is 0 Å². The topological polar surface area (TPSA) is 62.5 Å². The number of aromatic nitrogens is 3. The van der Waals surface area contributed by atoms with Crippen molar-refractivity contribution >= 4 is 23.1 Å². The molecule has 1 aliphatic heterocycles. The zero-order valence-corrected chi connectivity index (χ0v) is 13.9. The number of aryl methyl sites for hydroxylation is 1. The SMILES string of the molecule is Cc1cn2cc(NC(=O)c3ccc(N4CCCC4)cc3F)ncc2n1. The third-order valence-electron chi connectivity index (χ3n) is 4.37. The molecule has 0 aliphatic carbocycles. The molecule has 2 aromatic heterocycles. The lowest BCUT2D eigenvalue weighted by Crippen LogP contribution is -2.19. The molecule has 0 unspecified atom stereocenters. The summed E-state index contributed by atoms with van der Waals surface area (Å²) >= 11 is 0. The van der Waals surface area contributed by atoms with Gasteiger partial charge in [-0.15, -0.1) is 0 Å². The molecule has 0 spiro atoms. The van der Waals surface area contributed by atoms with E-state index in [0.29, 0.717) is 11.5 Å². The molecular formula is C18H18FN5O. The Morgan fingerprint density at radius 2 is 2.04 bits per heavy atom. The number of nitrogens with one attached hydrogen (secondary N) is 1. The molecule has 0 atom stereocenters. The number of anilines is 2. The Morgan fingerprint density at radius 3 is 2.80 bits per heavy atom. The van der Waals surface area contributed by atoms with Crippen molar-refractivity contribution in [1.29, 1.82) is 0 Å². The van der Waals surface area contributed by atoms with Gasteiger partial charge in [-0.3, -0.25) is 4.79 Å². The fourth-order valence-corrected chi connectivity index (χ4v) is 3.13. The number of rotatable bonds is 3. The van der Waals surface area contributed by atoms with Crippen LogP contribution in [0, 0.1) is 12.7 Å². The van der Waals surface area contributed by atoms with Crippen molar-refractivity contribution in [3.63, 3.8) is 0 Å². The summed E-state index contributed by atoms with van der Waals surface area (Å²) < 4.78 is 16.2. The van der Waals surface area contributed by atoms with Crippen molar-refractivity contribution in [1.82, 2.24) is 14.4 Å². The number of halogens is 1. The van der Waals surface area contributed by atoms with Crippen LogP contribution in [-0.2, 0) is 0 Å². The zero-order valence-electron chi connectivity index (χ0n) is 13.9. The van der Waals surface area contributed by atoms with Crippen LogP contribution in [0.15, 0.2) is 36.8 Å². The summed E-state index contributed by atoms with van der Waals surface area (Å²) in [4.78, 5) is 22.9. The van der Waals surface area contributed by atoms with Gasteiger partial charge < -0.3 is 14.6 Å². The fourth-order valence-electron chi connectivity index (χ4n) is 3.13. The number of hydrogen-bond acceptors (Lipinski definition) is 4. The summed E-state index contributed by atoms with van der Waals surface area (Å²) in [5.41, 5.74) is 2.37. The Balaban J connectivity index is 1.55. The van der Waals surface area contributed by atoms with Gasteiger partial charge in [0.25, 0.3) is 5.91 Å². The van der Waals surface area contributed by atoms with Crippen LogP contribution in [0.4, 0.5) is 15.9 Å². The van der Waals surface area contributed by atoms with E-state index in [0.717, 1.165) is 37.3 Å². The van der Waals surface area contributed by atoms with Gasteiger partial charge in [0.15, 0.2) is 5.65 Å². The average molecular weight is 339 g/mol. The maximum atomic E-state index is 14.4. The number of amides is 1. The van der Waals surface area contributed by atoms with Crippen LogP contribution in [0.25, 0.3) is 5.65 Å². The molecule has 0 saturated carbocycles. The Labute approximate surface area is 144 Å². The molecule has 1 saturated heterocycles. The second-order valence-electron chi connectivity index (χ2n) is 6.23. The van der Waals surface area contributed by atoms with Gasteiger partial charge in [-0.1, -0.05) is 0 Å². The van der Waals surface area contributed by atoms with E-state index >= 15 is 0 Å². The Hall–Kier alpha value is -2.96. The Morgan fingerprint density at radius 1 is 1.24 bits per heavy atom. The van der Waals surface area contributed by atoms with Crippen LogP contribution in [0.5, 0.6) is 0 Å². The normalized spacial score (nSPS) is 14.2. The van der Waals surface area contributed by atoms with Gasteiger partial charge in [-0.2, -0.15) is 0 Å². The Bertz CT molecular complexity index is 946. The highest BCUT2D eigenvalue weighted by molar-refractivity contribution is 6.04. The molecule has 4 rings (SSSR count).